The molecule has 0 aromatic carbocycles. The molecule has 0 amide bonds. The monoisotopic (exact) mass is 232 g/mol. The molecule has 4 nitrogen and oxygen atoms in total. The van der Waals surface area contributed by atoms with Crippen LogP contribution in [0.3, 0.4) is 0 Å². The molecule has 4 heteroatoms. The molecule has 2 aliphatic rings. The number of nitrogens with two attached hydrogens (primary N) is 1. The van der Waals surface area contributed by atoms with Crippen molar-refractivity contribution in [2.45, 2.75) is 25.3 Å². The maximum Gasteiger partial charge on any atom is 0.128 e. The lowest BCUT2D eigenvalue weighted by Gasteiger charge is -2.26. The minimum Gasteiger partial charge on any atom is -0.397 e. The van der Waals surface area contributed by atoms with Gasteiger partial charge in [0.1, 0.15) is 5.82 Å². The molecule has 1 aromatic heterocycles. The van der Waals surface area contributed by atoms with E-state index in [1.807, 2.05) is 12.1 Å². The van der Waals surface area contributed by atoms with E-state index in [0.717, 1.165) is 30.6 Å². The zero-order chi connectivity index (χ0) is 11.7. The van der Waals surface area contributed by atoms with E-state index in [-0.39, 0.29) is 0 Å². The van der Waals surface area contributed by atoms with E-state index in [0.29, 0.717) is 0 Å². The average Bonchev–Trinajstić information content (AvgIpc) is 2.68. The number of fused-ring (bicyclic) bond motifs is 1. The van der Waals surface area contributed by atoms with Crippen LogP contribution >= 0.6 is 0 Å². The van der Waals surface area contributed by atoms with E-state index in [1.54, 1.807) is 6.20 Å². The predicted molar refractivity (Wildman–Crippen MR) is 70.1 cm³/mol. The molecule has 0 bridgehead atoms. The van der Waals surface area contributed by atoms with Crippen LogP contribution < -0.4 is 10.6 Å². The van der Waals surface area contributed by atoms with Crippen molar-refractivity contribution >= 4 is 11.5 Å². The highest BCUT2D eigenvalue weighted by atomic mass is 15.3. The summed E-state index contributed by atoms with van der Waals surface area (Å²) in [5.74, 6) is 1.08. The van der Waals surface area contributed by atoms with Crippen molar-refractivity contribution < 1.29 is 0 Å². The highest BCUT2D eigenvalue weighted by Gasteiger charge is 2.28. The van der Waals surface area contributed by atoms with Crippen molar-refractivity contribution in [3.63, 3.8) is 0 Å². The van der Waals surface area contributed by atoms with Crippen LogP contribution in [0.2, 0.25) is 0 Å². The maximum absolute atomic E-state index is 5.68. The second-order valence-electron chi connectivity index (χ2n) is 5.08. The molecular weight excluding hydrogens is 212 g/mol. The Balaban J connectivity index is 1.76. The van der Waals surface area contributed by atoms with Gasteiger partial charge in [0.2, 0.25) is 0 Å². The number of hydrogen-bond donors (Lipinski definition) is 1. The van der Waals surface area contributed by atoms with E-state index in [4.69, 9.17) is 5.73 Å². The first-order chi connectivity index (χ1) is 8.33. The van der Waals surface area contributed by atoms with Crippen molar-refractivity contribution in [3.8, 4) is 0 Å². The van der Waals surface area contributed by atoms with Crippen LogP contribution in [0.15, 0.2) is 18.3 Å². The fraction of sp³-hybridized carbons (Fsp3) is 0.615. The summed E-state index contributed by atoms with van der Waals surface area (Å²) >= 11 is 0. The summed E-state index contributed by atoms with van der Waals surface area (Å²) in [6, 6.07) is 4.72. The number of pyridine rings is 1. The predicted octanol–water partition coefficient (Wildman–Crippen LogP) is 1.34. The minimum absolute atomic E-state index is 0.733. The van der Waals surface area contributed by atoms with E-state index in [1.165, 1.54) is 32.4 Å². The van der Waals surface area contributed by atoms with Gasteiger partial charge < -0.3 is 10.6 Å². The molecule has 92 valence electrons. The number of nitrogen functional groups attached to an aromatic ring is 1. The Labute approximate surface area is 102 Å². The third kappa shape index (κ3) is 2.22. The lowest BCUT2D eigenvalue weighted by atomic mass is 10.2. The maximum atomic E-state index is 5.68. The molecule has 3 rings (SSSR count). The average molecular weight is 232 g/mol. The van der Waals surface area contributed by atoms with Gasteiger partial charge in [-0.05, 0) is 37.9 Å². The lowest BCUT2D eigenvalue weighted by molar-refractivity contribution is 0.273. The Morgan fingerprint density at radius 2 is 2.06 bits per heavy atom. The highest BCUT2D eigenvalue weighted by molar-refractivity contribution is 5.46. The van der Waals surface area contributed by atoms with Crippen LogP contribution in [0.25, 0.3) is 0 Å². The summed E-state index contributed by atoms with van der Waals surface area (Å²) in [6.07, 6.45) is 5.69. The van der Waals surface area contributed by atoms with E-state index >= 15 is 0 Å². The SMILES string of the molecule is Nc1ccc(N2CCCN3CCCC3C2)nc1. The number of aromatic nitrogens is 1. The minimum atomic E-state index is 0.733. The number of rotatable bonds is 1. The second-order valence-corrected chi connectivity index (χ2v) is 5.08. The van der Waals surface area contributed by atoms with Crippen molar-refractivity contribution in [3.05, 3.63) is 18.3 Å². The van der Waals surface area contributed by atoms with Gasteiger partial charge in [-0.2, -0.15) is 0 Å². The summed E-state index contributed by atoms with van der Waals surface area (Å²) in [5, 5.41) is 0. The summed E-state index contributed by atoms with van der Waals surface area (Å²) in [7, 11) is 0. The Kier molecular flexibility index (Phi) is 2.89. The van der Waals surface area contributed by atoms with Crippen LogP contribution in [-0.2, 0) is 0 Å². The summed E-state index contributed by atoms with van der Waals surface area (Å²) in [6.45, 7) is 4.77. The Morgan fingerprint density at radius 3 is 2.88 bits per heavy atom. The topological polar surface area (TPSA) is 45.4 Å². The van der Waals surface area contributed by atoms with Gasteiger partial charge in [-0.1, -0.05) is 0 Å². The molecule has 0 radical (unpaired) electrons. The summed E-state index contributed by atoms with van der Waals surface area (Å²) in [4.78, 5) is 9.49. The fourth-order valence-electron chi connectivity index (χ4n) is 3.00. The first kappa shape index (κ1) is 10.8. The van der Waals surface area contributed by atoms with E-state index < -0.39 is 0 Å². The van der Waals surface area contributed by atoms with Gasteiger partial charge in [0.15, 0.2) is 0 Å². The molecule has 0 saturated carbocycles. The normalized spacial score (nSPS) is 25.6. The van der Waals surface area contributed by atoms with Crippen molar-refractivity contribution in [1.82, 2.24) is 9.88 Å². The second kappa shape index (κ2) is 4.53. The third-order valence-corrected chi connectivity index (χ3v) is 3.90. The molecule has 3 heterocycles. The van der Waals surface area contributed by atoms with E-state index in [9.17, 15) is 0 Å². The zero-order valence-electron chi connectivity index (χ0n) is 10.2. The Morgan fingerprint density at radius 1 is 1.18 bits per heavy atom. The summed E-state index contributed by atoms with van der Waals surface area (Å²) < 4.78 is 0. The van der Waals surface area contributed by atoms with E-state index in [2.05, 4.69) is 14.8 Å². The van der Waals surface area contributed by atoms with Gasteiger partial charge in [0.25, 0.3) is 0 Å². The molecule has 1 aromatic rings. The molecule has 2 N–H and O–H groups in total. The van der Waals surface area contributed by atoms with Crippen molar-refractivity contribution in [2.75, 3.05) is 36.8 Å². The van der Waals surface area contributed by atoms with Gasteiger partial charge in [0.05, 0.1) is 11.9 Å². The standard InChI is InChI=1S/C13H20N4/c14-11-4-5-13(15-9-11)17-8-2-7-16-6-1-3-12(16)10-17/h4-5,9,12H,1-3,6-8,10,14H2. The van der Waals surface area contributed by atoms with Crippen LogP contribution in [0, 0.1) is 0 Å². The van der Waals surface area contributed by atoms with Crippen LogP contribution in [0.4, 0.5) is 11.5 Å². The molecule has 2 aliphatic heterocycles. The smallest absolute Gasteiger partial charge is 0.128 e. The molecule has 17 heavy (non-hydrogen) atoms. The Bertz CT molecular complexity index is 376. The number of hydrogen-bond acceptors (Lipinski definition) is 4. The number of nitrogens with zero attached hydrogens (tertiary/aromatic N) is 3. The molecule has 1 unspecified atom stereocenters. The van der Waals surface area contributed by atoms with Crippen LogP contribution in [0.5, 0.6) is 0 Å². The molecule has 2 fully saturated rings. The van der Waals surface area contributed by atoms with Crippen molar-refractivity contribution in [1.29, 1.82) is 0 Å². The lowest BCUT2D eigenvalue weighted by Crippen LogP contribution is -2.36. The van der Waals surface area contributed by atoms with Gasteiger partial charge in [-0.15, -0.1) is 0 Å². The highest BCUT2D eigenvalue weighted by Crippen LogP contribution is 2.24. The van der Waals surface area contributed by atoms with Gasteiger partial charge >= 0.3 is 0 Å². The summed E-state index contributed by atoms with van der Waals surface area (Å²) in [5.41, 5.74) is 6.43. The molecular formula is C13H20N4. The van der Waals surface area contributed by atoms with Crippen LogP contribution in [-0.4, -0.2) is 42.1 Å². The van der Waals surface area contributed by atoms with Crippen molar-refractivity contribution in [2.24, 2.45) is 0 Å². The largest absolute Gasteiger partial charge is 0.397 e. The molecule has 1 atom stereocenters. The molecule has 0 spiro atoms. The van der Waals surface area contributed by atoms with Gasteiger partial charge in [-0.3, -0.25) is 4.90 Å². The third-order valence-electron chi connectivity index (χ3n) is 3.90. The van der Waals surface area contributed by atoms with Gasteiger partial charge in [-0.25, -0.2) is 4.98 Å². The number of anilines is 2. The molecule has 0 aliphatic carbocycles. The van der Waals surface area contributed by atoms with Gasteiger partial charge in [0, 0.05) is 25.7 Å². The molecule has 2 saturated heterocycles. The first-order valence-corrected chi connectivity index (χ1v) is 6.53. The van der Waals surface area contributed by atoms with Crippen LogP contribution in [0.1, 0.15) is 19.3 Å². The fourth-order valence-corrected chi connectivity index (χ4v) is 3.00. The zero-order valence-corrected chi connectivity index (χ0v) is 10.2. The quantitative estimate of drug-likeness (QED) is 0.793. The first-order valence-electron chi connectivity index (χ1n) is 6.53. The Hall–Kier alpha value is -1.29.